The van der Waals surface area contributed by atoms with Crippen molar-refractivity contribution in [3.05, 3.63) is 34.1 Å². The van der Waals surface area contributed by atoms with Gasteiger partial charge in [0, 0.05) is 43.3 Å². The number of rotatable bonds is 7. The number of benzene rings is 1. The summed E-state index contributed by atoms with van der Waals surface area (Å²) in [7, 11) is 1.70. The van der Waals surface area contributed by atoms with Crippen LogP contribution in [0.3, 0.4) is 0 Å². The standard InChI is InChI=1S/C22H29N3O4S/c1-27-8-4-7-23-22(30)25(17-5-2-3-6-17)14-16-11-15-12-19-20(29-10-9-28-19)13-18(15)24-21(16)26/h11-13,17H,2-10,14H2,1H3,(H,23,30)(H,24,26). The number of hydrogen-bond acceptors (Lipinski definition) is 5. The first-order valence-electron chi connectivity index (χ1n) is 10.6. The zero-order chi connectivity index (χ0) is 20.9. The number of nitrogens with one attached hydrogen (secondary N) is 2. The molecule has 1 aromatic heterocycles. The van der Waals surface area contributed by atoms with Crippen LogP contribution in [0.1, 0.15) is 37.7 Å². The number of H-pyrrole nitrogens is 1. The van der Waals surface area contributed by atoms with Gasteiger partial charge in [0.25, 0.3) is 5.56 Å². The molecule has 7 nitrogen and oxygen atoms in total. The summed E-state index contributed by atoms with van der Waals surface area (Å²) >= 11 is 5.71. The van der Waals surface area contributed by atoms with Gasteiger partial charge in [-0.25, -0.2) is 0 Å². The molecule has 2 aliphatic rings. The summed E-state index contributed by atoms with van der Waals surface area (Å²) in [6.45, 7) is 2.99. The largest absolute Gasteiger partial charge is 0.486 e. The van der Waals surface area contributed by atoms with E-state index in [1.165, 1.54) is 12.8 Å². The SMILES string of the molecule is COCCCNC(=S)N(Cc1cc2cc3c(cc2[nH]c1=O)OCCO3)C1CCCC1. The third-order valence-electron chi connectivity index (χ3n) is 5.75. The summed E-state index contributed by atoms with van der Waals surface area (Å²) in [5, 5.41) is 4.98. The normalized spacial score (nSPS) is 16.0. The Labute approximate surface area is 181 Å². The molecule has 0 radical (unpaired) electrons. The van der Waals surface area contributed by atoms with Gasteiger partial charge in [-0.15, -0.1) is 0 Å². The highest BCUT2D eigenvalue weighted by Crippen LogP contribution is 2.34. The van der Waals surface area contributed by atoms with Crippen LogP contribution in [0.15, 0.2) is 23.0 Å². The summed E-state index contributed by atoms with van der Waals surface area (Å²) in [5.74, 6) is 1.39. The lowest BCUT2D eigenvalue weighted by Gasteiger charge is -2.31. The maximum Gasteiger partial charge on any atom is 0.253 e. The van der Waals surface area contributed by atoms with Crippen LogP contribution in [0.4, 0.5) is 0 Å². The molecule has 1 saturated carbocycles. The number of hydrogen-bond donors (Lipinski definition) is 2. The van der Waals surface area contributed by atoms with Crippen molar-refractivity contribution >= 4 is 28.2 Å². The monoisotopic (exact) mass is 431 g/mol. The van der Waals surface area contributed by atoms with E-state index in [9.17, 15) is 4.79 Å². The fraction of sp³-hybridized carbons (Fsp3) is 0.545. The van der Waals surface area contributed by atoms with Gasteiger partial charge in [0.15, 0.2) is 16.6 Å². The minimum atomic E-state index is -0.0932. The van der Waals surface area contributed by atoms with Gasteiger partial charge in [-0.05, 0) is 43.6 Å². The Hall–Kier alpha value is -2.32. The van der Waals surface area contributed by atoms with E-state index in [4.69, 9.17) is 26.4 Å². The highest BCUT2D eigenvalue weighted by Gasteiger charge is 2.25. The highest BCUT2D eigenvalue weighted by molar-refractivity contribution is 7.80. The molecule has 0 spiro atoms. The zero-order valence-corrected chi connectivity index (χ0v) is 18.2. The number of thiocarbonyl (C=S) groups is 1. The van der Waals surface area contributed by atoms with Gasteiger partial charge in [-0.3, -0.25) is 4.79 Å². The lowest BCUT2D eigenvalue weighted by Crippen LogP contribution is -2.45. The first-order chi connectivity index (χ1) is 14.7. The maximum atomic E-state index is 12.8. The van der Waals surface area contributed by atoms with Gasteiger partial charge in [0.1, 0.15) is 13.2 Å². The Kier molecular flexibility index (Phi) is 6.74. The van der Waals surface area contributed by atoms with E-state index in [1.807, 2.05) is 18.2 Å². The molecule has 2 aromatic rings. The summed E-state index contributed by atoms with van der Waals surface area (Å²) in [4.78, 5) is 18.0. The van der Waals surface area contributed by atoms with Crippen LogP contribution in [-0.4, -0.2) is 54.5 Å². The first-order valence-corrected chi connectivity index (χ1v) is 11.1. The molecule has 4 rings (SSSR count). The molecule has 2 heterocycles. The second-order valence-electron chi connectivity index (χ2n) is 7.85. The maximum absolute atomic E-state index is 12.8. The Morgan fingerprint density at radius 3 is 2.70 bits per heavy atom. The molecule has 1 aromatic carbocycles. The number of methoxy groups -OCH3 is 1. The molecule has 0 amide bonds. The highest BCUT2D eigenvalue weighted by atomic mass is 32.1. The predicted molar refractivity (Wildman–Crippen MR) is 120 cm³/mol. The van der Waals surface area contributed by atoms with Crippen molar-refractivity contribution in [1.82, 2.24) is 15.2 Å². The third-order valence-corrected chi connectivity index (χ3v) is 6.13. The van der Waals surface area contributed by atoms with Crippen LogP contribution >= 0.6 is 12.2 Å². The first kappa shape index (κ1) is 20.9. The molecule has 0 unspecified atom stereocenters. The summed E-state index contributed by atoms with van der Waals surface area (Å²) in [6, 6.07) is 6.08. The molecule has 0 saturated heterocycles. The molecule has 1 aliphatic heterocycles. The van der Waals surface area contributed by atoms with Gasteiger partial charge in [-0.2, -0.15) is 0 Å². The molecule has 8 heteroatoms. The van der Waals surface area contributed by atoms with Gasteiger partial charge in [0.05, 0.1) is 12.1 Å². The lowest BCUT2D eigenvalue weighted by molar-refractivity contribution is 0.172. The van der Waals surface area contributed by atoms with E-state index in [1.54, 1.807) is 7.11 Å². The molecule has 0 bridgehead atoms. The van der Waals surface area contributed by atoms with Crippen LogP contribution in [0.25, 0.3) is 10.9 Å². The van der Waals surface area contributed by atoms with E-state index in [0.717, 1.165) is 42.5 Å². The van der Waals surface area contributed by atoms with Gasteiger partial charge >= 0.3 is 0 Å². The average molecular weight is 432 g/mol. The molecule has 0 atom stereocenters. The molecule has 1 fully saturated rings. The Morgan fingerprint density at radius 1 is 1.23 bits per heavy atom. The predicted octanol–water partition coefficient (Wildman–Crippen LogP) is 2.95. The van der Waals surface area contributed by atoms with Crippen molar-refractivity contribution in [2.24, 2.45) is 0 Å². The number of nitrogens with zero attached hydrogens (tertiary/aromatic N) is 1. The summed E-state index contributed by atoms with van der Waals surface area (Å²) < 4.78 is 16.4. The second kappa shape index (κ2) is 9.66. The van der Waals surface area contributed by atoms with Gasteiger partial charge in [-0.1, -0.05) is 12.8 Å². The average Bonchev–Trinajstić information content (AvgIpc) is 3.28. The van der Waals surface area contributed by atoms with Crippen molar-refractivity contribution in [2.75, 3.05) is 33.5 Å². The smallest absolute Gasteiger partial charge is 0.253 e. The number of fused-ring (bicyclic) bond motifs is 2. The van der Waals surface area contributed by atoms with Crippen LogP contribution in [0.2, 0.25) is 0 Å². The Bertz CT molecular complexity index is 955. The van der Waals surface area contributed by atoms with Crippen LogP contribution in [0.5, 0.6) is 11.5 Å². The van der Waals surface area contributed by atoms with Crippen molar-refractivity contribution < 1.29 is 14.2 Å². The van der Waals surface area contributed by atoms with E-state index in [0.29, 0.717) is 48.8 Å². The van der Waals surface area contributed by atoms with Crippen molar-refractivity contribution in [1.29, 1.82) is 0 Å². The van der Waals surface area contributed by atoms with E-state index in [2.05, 4.69) is 15.2 Å². The van der Waals surface area contributed by atoms with Crippen LogP contribution in [-0.2, 0) is 11.3 Å². The van der Waals surface area contributed by atoms with Crippen LogP contribution in [0, 0.1) is 0 Å². The minimum absolute atomic E-state index is 0.0932. The molecule has 162 valence electrons. The van der Waals surface area contributed by atoms with Crippen molar-refractivity contribution in [3.63, 3.8) is 0 Å². The number of pyridine rings is 1. The van der Waals surface area contributed by atoms with E-state index in [-0.39, 0.29) is 5.56 Å². The van der Waals surface area contributed by atoms with E-state index >= 15 is 0 Å². The third kappa shape index (κ3) is 4.70. The topological polar surface area (TPSA) is 75.8 Å². The zero-order valence-electron chi connectivity index (χ0n) is 17.4. The number of aromatic nitrogens is 1. The van der Waals surface area contributed by atoms with Gasteiger partial charge < -0.3 is 29.4 Å². The Morgan fingerprint density at radius 2 is 1.97 bits per heavy atom. The quantitative estimate of drug-likeness (QED) is 0.516. The molecule has 1 aliphatic carbocycles. The number of aromatic amines is 1. The minimum Gasteiger partial charge on any atom is -0.486 e. The molecular weight excluding hydrogens is 402 g/mol. The van der Waals surface area contributed by atoms with Gasteiger partial charge in [0.2, 0.25) is 0 Å². The van der Waals surface area contributed by atoms with Crippen molar-refractivity contribution in [3.8, 4) is 11.5 Å². The summed E-state index contributed by atoms with van der Waals surface area (Å²) in [5.41, 5.74) is 1.36. The van der Waals surface area contributed by atoms with Crippen molar-refractivity contribution in [2.45, 2.75) is 44.7 Å². The molecular formula is C22H29N3O4S. The Balaban J connectivity index is 1.57. The fourth-order valence-electron chi connectivity index (χ4n) is 4.19. The second-order valence-corrected chi connectivity index (χ2v) is 8.24. The lowest BCUT2D eigenvalue weighted by atomic mass is 10.1. The fourth-order valence-corrected chi connectivity index (χ4v) is 4.50. The molecule has 2 N–H and O–H groups in total. The number of ether oxygens (including phenoxy) is 3. The summed E-state index contributed by atoms with van der Waals surface area (Å²) in [6.07, 6.45) is 5.49. The van der Waals surface area contributed by atoms with E-state index < -0.39 is 0 Å². The van der Waals surface area contributed by atoms with Crippen LogP contribution < -0.4 is 20.3 Å². The molecule has 30 heavy (non-hydrogen) atoms.